The molecule has 0 atom stereocenters. The minimum atomic E-state index is -2.07. The maximum absolute atomic E-state index is 7.59. The number of nitrogens with zero attached hydrogens (tertiary/aromatic N) is 1. The van der Waals surface area contributed by atoms with Crippen molar-refractivity contribution in [3.8, 4) is 22.4 Å². The average molecular weight is 305 g/mol. The molecule has 0 spiro atoms. The summed E-state index contributed by atoms with van der Waals surface area (Å²) in [6.07, 6.45) is 2.16. The minimum absolute atomic E-state index is 0.384. The molecule has 0 fully saturated rings. The van der Waals surface area contributed by atoms with Crippen LogP contribution in [0.4, 0.5) is 0 Å². The summed E-state index contributed by atoms with van der Waals surface area (Å²) >= 11 is 0. The third-order valence-electron chi connectivity index (χ3n) is 4.42. The van der Waals surface area contributed by atoms with E-state index in [1.165, 1.54) is 22.3 Å². The zero-order valence-electron chi connectivity index (χ0n) is 17.1. The second-order valence-electron chi connectivity index (χ2n) is 6.21. The first-order chi connectivity index (χ1) is 12.2. The standard InChI is InChI=1S/C22H24N/c1-15-10-11-20(17(3)12-15)22-13-18(4)21(14-23(22)5)19-9-7-6-8-16(19)2/h6-14H,1-5H3/q+1/i1D3. The Kier molecular flexibility index (Phi) is 3.15. The summed E-state index contributed by atoms with van der Waals surface area (Å²) in [6.45, 7) is 4.14. The third-order valence-corrected chi connectivity index (χ3v) is 4.42. The van der Waals surface area contributed by atoms with Crippen LogP contribution in [0.1, 0.15) is 26.4 Å². The predicted molar refractivity (Wildman–Crippen MR) is 97.4 cm³/mol. The van der Waals surface area contributed by atoms with E-state index in [4.69, 9.17) is 4.11 Å². The van der Waals surface area contributed by atoms with Gasteiger partial charge in [0.2, 0.25) is 5.69 Å². The summed E-state index contributed by atoms with van der Waals surface area (Å²) < 4.78 is 24.9. The Morgan fingerprint density at radius 3 is 2.22 bits per heavy atom. The number of pyridine rings is 1. The van der Waals surface area contributed by atoms with E-state index in [1.54, 1.807) is 12.1 Å². The Morgan fingerprint density at radius 1 is 0.783 bits per heavy atom. The molecule has 2 aromatic carbocycles. The molecule has 0 bridgehead atoms. The van der Waals surface area contributed by atoms with Crippen molar-refractivity contribution < 1.29 is 8.68 Å². The lowest BCUT2D eigenvalue weighted by Crippen LogP contribution is -2.31. The van der Waals surface area contributed by atoms with E-state index < -0.39 is 6.85 Å². The Labute approximate surface area is 143 Å². The van der Waals surface area contributed by atoms with Crippen LogP contribution >= 0.6 is 0 Å². The van der Waals surface area contributed by atoms with Crippen molar-refractivity contribution in [2.24, 2.45) is 7.05 Å². The Bertz CT molecular complexity index is 972. The second-order valence-corrected chi connectivity index (χ2v) is 6.21. The molecule has 0 radical (unpaired) electrons. The molecule has 116 valence electrons. The molecule has 1 nitrogen and oxygen atoms in total. The molecule has 0 aliphatic heterocycles. The Balaban J connectivity index is 2.11. The normalized spacial score (nSPS) is 13.3. The lowest BCUT2D eigenvalue weighted by molar-refractivity contribution is -0.660. The topological polar surface area (TPSA) is 3.88 Å². The van der Waals surface area contributed by atoms with Crippen molar-refractivity contribution in [2.45, 2.75) is 27.6 Å². The van der Waals surface area contributed by atoms with Gasteiger partial charge in [0, 0.05) is 21.3 Å². The van der Waals surface area contributed by atoms with Crippen molar-refractivity contribution in [3.05, 3.63) is 77.0 Å². The van der Waals surface area contributed by atoms with Gasteiger partial charge in [0.25, 0.3) is 0 Å². The summed E-state index contributed by atoms with van der Waals surface area (Å²) in [5.41, 5.74) is 8.39. The maximum atomic E-state index is 7.59. The molecule has 23 heavy (non-hydrogen) atoms. The van der Waals surface area contributed by atoms with Crippen LogP contribution in [-0.4, -0.2) is 0 Å². The largest absolute Gasteiger partial charge is 0.212 e. The molecule has 1 heterocycles. The van der Waals surface area contributed by atoms with Gasteiger partial charge in [-0.1, -0.05) is 42.0 Å². The third kappa shape index (κ3) is 2.92. The fourth-order valence-corrected chi connectivity index (χ4v) is 3.13. The van der Waals surface area contributed by atoms with Gasteiger partial charge >= 0.3 is 0 Å². The van der Waals surface area contributed by atoms with Crippen LogP contribution in [0.15, 0.2) is 54.7 Å². The van der Waals surface area contributed by atoms with Gasteiger partial charge in [-0.05, 0) is 55.9 Å². The van der Waals surface area contributed by atoms with Crippen molar-refractivity contribution in [3.63, 3.8) is 0 Å². The highest BCUT2D eigenvalue weighted by Crippen LogP contribution is 2.29. The van der Waals surface area contributed by atoms with E-state index in [1.807, 2.05) is 20.0 Å². The number of benzene rings is 2. The monoisotopic (exact) mass is 305 g/mol. The molecule has 3 rings (SSSR count). The summed E-state index contributed by atoms with van der Waals surface area (Å²) in [5, 5.41) is 0. The summed E-state index contributed by atoms with van der Waals surface area (Å²) in [7, 11) is 2.04. The highest BCUT2D eigenvalue weighted by molar-refractivity contribution is 5.71. The quantitative estimate of drug-likeness (QED) is 0.581. The Morgan fingerprint density at radius 2 is 1.52 bits per heavy atom. The van der Waals surface area contributed by atoms with Crippen molar-refractivity contribution in [1.82, 2.24) is 0 Å². The lowest BCUT2D eigenvalue weighted by atomic mass is 9.95. The molecule has 0 saturated heterocycles. The van der Waals surface area contributed by atoms with Crippen LogP contribution in [0.5, 0.6) is 0 Å². The van der Waals surface area contributed by atoms with Crippen LogP contribution in [0.2, 0.25) is 0 Å². The van der Waals surface area contributed by atoms with E-state index in [9.17, 15) is 0 Å². The number of rotatable bonds is 2. The number of hydrogen-bond donors (Lipinski definition) is 0. The molecule has 0 amide bonds. The summed E-state index contributed by atoms with van der Waals surface area (Å²) in [4.78, 5) is 0. The van der Waals surface area contributed by atoms with Gasteiger partial charge in [0.15, 0.2) is 6.20 Å². The lowest BCUT2D eigenvalue weighted by Gasteiger charge is -2.11. The zero-order chi connectivity index (χ0) is 19.1. The molecular formula is C22H24N+. The highest BCUT2D eigenvalue weighted by Gasteiger charge is 2.17. The molecule has 3 aromatic rings. The average Bonchev–Trinajstić information content (AvgIpc) is 2.56. The van der Waals surface area contributed by atoms with Gasteiger partial charge in [-0.15, -0.1) is 0 Å². The predicted octanol–water partition coefficient (Wildman–Crippen LogP) is 5.08. The van der Waals surface area contributed by atoms with E-state index >= 15 is 0 Å². The van der Waals surface area contributed by atoms with Crippen LogP contribution in [0, 0.1) is 27.6 Å². The van der Waals surface area contributed by atoms with E-state index in [0.717, 1.165) is 16.8 Å². The van der Waals surface area contributed by atoms with Crippen molar-refractivity contribution >= 4 is 0 Å². The second kappa shape index (κ2) is 6.00. The molecule has 0 N–H and O–H groups in total. The molecule has 0 aliphatic carbocycles. The SMILES string of the molecule is [2H]C([2H])([2H])c1ccc(-c2cc(C)c(-c3ccccc3C)c[n+]2C)c(C)c1. The number of aryl methyl sites for hydroxylation is 5. The van der Waals surface area contributed by atoms with E-state index in [-0.39, 0.29) is 0 Å². The molecule has 0 saturated carbocycles. The molecular weight excluding hydrogens is 278 g/mol. The van der Waals surface area contributed by atoms with Gasteiger partial charge in [-0.25, -0.2) is 4.57 Å². The maximum Gasteiger partial charge on any atom is 0.212 e. The van der Waals surface area contributed by atoms with E-state index in [2.05, 4.69) is 54.9 Å². The van der Waals surface area contributed by atoms with Crippen LogP contribution in [-0.2, 0) is 7.05 Å². The molecule has 0 aliphatic rings. The number of aromatic nitrogens is 1. The highest BCUT2D eigenvalue weighted by atomic mass is 14.9. The van der Waals surface area contributed by atoms with Crippen LogP contribution < -0.4 is 4.57 Å². The van der Waals surface area contributed by atoms with Crippen molar-refractivity contribution in [2.75, 3.05) is 0 Å². The first kappa shape index (κ1) is 12.1. The van der Waals surface area contributed by atoms with Crippen LogP contribution in [0.25, 0.3) is 22.4 Å². The Hall–Kier alpha value is -2.41. The van der Waals surface area contributed by atoms with Gasteiger partial charge in [-0.2, -0.15) is 0 Å². The molecule has 0 unspecified atom stereocenters. The minimum Gasteiger partial charge on any atom is -0.200 e. The smallest absolute Gasteiger partial charge is 0.200 e. The zero-order valence-corrected chi connectivity index (χ0v) is 14.1. The van der Waals surface area contributed by atoms with Gasteiger partial charge in [-0.3, -0.25) is 0 Å². The first-order valence-corrected chi connectivity index (χ1v) is 7.86. The van der Waals surface area contributed by atoms with Gasteiger partial charge in [0.05, 0.1) is 0 Å². The van der Waals surface area contributed by atoms with Gasteiger partial charge < -0.3 is 0 Å². The van der Waals surface area contributed by atoms with Crippen LogP contribution in [0.3, 0.4) is 0 Å². The first-order valence-electron chi connectivity index (χ1n) is 9.36. The molecule has 1 heteroatoms. The summed E-state index contributed by atoms with van der Waals surface area (Å²) in [6, 6.07) is 16.0. The fourth-order valence-electron chi connectivity index (χ4n) is 3.13. The van der Waals surface area contributed by atoms with E-state index in [0.29, 0.717) is 5.56 Å². The van der Waals surface area contributed by atoms with Gasteiger partial charge in [0.1, 0.15) is 7.05 Å². The molecule has 1 aromatic heterocycles. The van der Waals surface area contributed by atoms with Crippen molar-refractivity contribution in [1.29, 1.82) is 0 Å². The summed E-state index contributed by atoms with van der Waals surface area (Å²) in [5.74, 6) is 0. The number of hydrogen-bond acceptors (Lipinski definition) is 0. The fraction of sp³-hybridized carbons (Fsp3) is 0.227.